The summed E-state index contributed by atoms with van der Waals surface area (Å²) in [5, 5.41) is 6.08. The van der Waals surface area contributed by atoms with Crippen LogP contribution in [0.3, 0.4) is 0 Å². The molecule has 0 radical (unpaired) electrons. The van der Waals surface area contributed by atoms with Gasteiger partial charge in [0.1, 0.15) is 0 Å². The molecule has 1 aromatic carbocycles. The van der Waals surface area contributed by atoms with Gasteiger partial charge in [0.15, 0.2) is 0 Å². The summed E-state index contributed by atoms with van der Waals surface area (Å²) >= 11 is 0. The molecule has 2 N–H and O–H groups in total. The maximum atomic E-state index is 12.5. The number of carbonyl (C=O) groups is 2. The first-order chi connectivity index (χ1) is 10.6. The van der Waals surface area contributed by atoms with Gasteiger partial charge in [-0.25, -0.2) is 0 Å². The Balaban J connectivity index is 0.00000264. The second-order valence-corrected chi connectivity index (χ2v) is 5.80. The van der Waals surface area contributed by atoms with E-state index in [1.807, 2.05) is 4.90 Å². The molecule has 0 atom stereocenters. The summed E-state index contributed by atoms with van der Waals surface area (Å²) < 4.78 is 0. The minimum Gasteiger partial charge on any atom is -0.339 e. The van der Waals surface area contributed by atoms with E-state index in [0.29, 0.717) is 17.2 Å². The molecule has 128 valence electrons. The second kappa shape index (κ2) is 9.53. The predicted octanol–water partition coefficient (Wildman–Crippen LogP) is 2.53. The molecule has 1 fully saturated rings. The topological polar surface area (TPSA) is 61.4 Å². The van der Waals surface area contributed by atoms with Crippen molar-refractivity contribution in [2.45, 2.75) is 26.7 Å². The second-order valence-electron chi connectivity index (χ2n) is 5.80. The van der Waals surface area contributed by atoms with Crippen molar-refractivity contribution in [2.24, 2.45) is 5.92 Å². The Hall–Kier alpha value is -1.59. The maximum Gasteiger partial charge on any atom is 0.253 e. The van der Waals surface area contributed by atoms with Crippen molar-refractivity contribution < 1.29 is 9.59 Å². The molecule has 0 bridgehead atoms. The fourth-order valence-electron chi connectivity index (χ4n) is 2.77. The molecule has 5 nitrogen and oxygen atoms in total. The SMILES string of the molecule is CCNCC1CCN(C(=O)c2ccc(NC(C)=O)cc2)CC1.Cl. The first-order valence-electron chi connectivity index (χ1n) is 7.97. The number of rotatable bonds is 5. The van der Waals surface area contributed by atoms with Crippen LogP contribution in [-0.4, -0.2) is 42.9 Å². The third-order valence-corrected chi connectivity index (χ3v) is 4.04. The highest BCUT2D eigenvalue weighted by Gasteiger charge is 2.23. The molecule has 1 aromatic rings. The van der Waals surface area contributed by atoms with Crippen LogP contribution >= 0.6 is 12.4 Å². The van der Waals surface area contributed by atoms with E-state index in [0.717, 1.165) is 39.0 Å². The summed E-state index contributed by atoms with van der Waals surface area (Å²) in [6.45, 7) is 7.27. The molecular formula is C17H26ClN3O2. The average molecular weight is 340 g/mol. The molecule has 0 aliphatic carbocycles. The lowest BCUT2D eigenvalue weighted by molar-refractivity contribution is -0.114. The fourth-order valence-corrected chi connectivity index (χ4v) is 2.77. The molecule has 0 spiro atoms. The van der Waals surface area contributed by atoms with Crippen molar-refractivity contribution in [3.8, 4) is 0 Å². The van der Waals surface area contributed by atoms with Crippen LogP contribution in [0.2, 0.25) is 0 Å². The van der Waals surface area contributed by atoms with Crippen molar-refractivity contribution in [1.82, 2.24) is 10.2 Å². The van der Waals surface area contributed by atoms with E-state index in [1.54, 1.807) is 24.3 Å². The minimum atomic E-state index is -0.109. The van der Waals surface area contributed by atoms with Crippen LogP contribution in [0.25, 0.3) is 0 Å². The van der Waals surface area contributed by atoms with Crippen LogP contribution in [-0.2, 0) is 4.79 Å². The van der Waals surface area contributed by atoms with Crippen LogP contribution in [0.15, 0.2) is 24.3 Å². The van der Waals surface area contributed by atoms with Crippen molar-refractivity contribution in [2.75, 3.05) is 31.5 Å². The van der Waals surface area contributed by atoms with Crippen molar-refractivity contribution in [3.05, 3.63) is 29.8 Å². The van der Waals surface area contributed by atoms with Crippen molar-refractivity contribution in [3.63, 3.8) is 0 Å². The lowest BCUT2D eigenvalue weighted by Gasteiger charge is -2.32. The largest absolute Gasteiger partial charge is 0.339 e. The number of piperidine rings is 1. The van der Waals surface area contributed by atoms with E-state index in [1.165, 1.54) is 6.92 Å². The first-order valence-corrected chi connectivity index (χ1v) is 7.97. The summed E-state index contributed by atoms with van der Waals surface area (Å²) in [5.41, 5.74) is 1.40. The third-order valence-electron chi connectivity index (χ3n) is 4.04. The van der Waals surface area contributed by atoms with Gasteiger partial charge in [-0.15, -0.1) is 12.4 Å². The number of benzene rings is 1. The van der Waals surface area contributed by atoms with Crippen LogP contribution < -0.4 is 10.6 Å². The first kappa shape index (κ1) is 19.5. The van der Waals surface area contributed by atoms with E-state index >= 15 is 0 Å². The lowest BCUT2D eigenvalue weighted by Crippen LogP contribution is -2.40. The number of nitrogens with one attached hydrogen (secondary N) is 2. The number of likely N-dealkylation sites (tertiary alicyclic amines) is 1. The van der Waals surface area contributed by atoms with E-state index in [4.69, 9.17) is 0 Å². The Morgan fingerprint density at radius 2 is 1.78 bits per heavy atom. The highest BCUT2D eigenvalue weighted by atomic mass is 35.5. The van der Waals surface area contributed by atoms with E-state index in [2.05, 4.69) is 17.6 Å². The molecular weight excluding hydrogens is 314 g/mol. The molecule has 0 aromatic heterocycles. The van der Waals surface area contributed by atoms with E-state index in [9.17, 15) is 9.59 Å². The van der Waals surface area contributed by atoms with Gasteiger partial charge in [-0.3, -0.25) is 9.59 Å². The van der Waals surface area contributed by atoms with Gasteiger partial charge in [0.25, 0.3) is 5.91 Å². The molecule has 2 rings (SSSR count). The highest BCUT2D eigenvalue weighted by Crippen LogP contribution is 2.19. The number of hydrogen-bond donors (Lipinski definition) is 2. The zero-order chi connectivity index (χ0) is 15.9. The fraction of sp³-hybridized carbons (Fsp3) is 0.529. The third kappa shape index (κ3) is 5.84. The van der Waals surface area contributed by atoms with Gasteiger partial charge in [0.05, 0.1) is 0 Å². The zero-order valence-corrected chi connectivity index (χ0v) is 14.6. The Bertz CT molecular complexity index is 511. The number of nitrogens with zero attached hydrogens (tertiary/aromatic N) is 1. The molecule has 23 heavy (non-hydrogen) atoms. The Morgan fingerprint density at radius 1 is 1.17 bits per heavy atom. The zero-order valence-electron chi connectivity index (χ0n) is 13.8. The summed E-state index contributed by atoms with van der Waals surface area (Å²) in [6.07, 6.45) is 2.12. The van der Waals surface area contributed by atoms with Gasteiger partial charge in [-0.1, -0.05) is 6.92 Å². The van der Waals surface area contributed by atoms with Crippen LogP contribution in [0.4, 0.5) is 5.69 Å². The number of hydrogen-bond acceptors (Lipinski definition) is 3. The van der Waals surface area contributed by atoms with Gasteiger partial charge in [-0.05, 0) is 56.1 Å². The van der Waals surface area contributed by atoms with Gasteiger partial charge in [-0.2, -0.15) is 0 Å². The van der Waals surface area contributed by atoms with E-state index < -0.39 is 0 Å². The smallest absolute Gasteiger partial charge is 0.253 e. The average Bonchev–Trinajstić information content (AvgIpc) is 2.53. The van der Waals surface area contributed by atoms with Crippen molar-refractivity contribution >= 4 is 29.9 Å². The summed E-state index contributed by atoms with van der Waals surface area (Å²) in [5.74, 6) is 0.643. The summed E-state index contributed by atoms with van der Waals surface area (Å²) in [4.78, 5) is 25.4. The number of amides is 2. The van der Waals surface area contributed by atoms with Gasteiger partial charge >= 0.3 is 0 Å². The van der Waals surface area contributed by atoms with Crippen LogP contribution in [0.1, 0.15) is 37.0 Å². The maximum absolute atomic E-state index is 12.5. The standard InChI is InChI=1S/C17H25N3O2.ClH/c1-3-18-12-14-8-10-20(11-9-14)17(22)15-4-6-16(7-5-15)19-13(2)21;/h4-7,14,18H,3,8-12H2,1-2H3,(H,19,21);1H. The highest BCUT2D eigenvalue weighted by molar-refractivity contribution is 5.95. The molecule has 2 amide bonds. The van der Waals surface area contributed by atoms with Crippen LogP contribution in [0.5, 0.6) is 0 Å². The molecule has 1 aliphatic heterocycles. The Kier molecular flexibility index (Phi) is 8.06. The van der Waals surface area contributed by atoms with Gasteiger partial charge < -0.3 is 15.5 Å². The molecule has 1 aliphatic rings. The Labute approximate surface area is 144 Å². The normalized spacial score (nSPS) is 15.0. The van der Waals surface area contributed by atoms with Crippen molar-refractivity contribution in [1.29, 1.82) is 0 Å². The summed E-state index contributed by atoms with van der Waals surface area (Å²) in [7, 11) is 0. The summed E-state index contributed by atoms with van der Waals surface area (Å²) in [6, 6.07) is 7.09. The minimum absolute atomic E-state index is 0. The quantitative estimate of drug-likeness (QED) is 0.866. The molecule has 1 saturated heterocycles. The number of halogens is 1. The lowest BCUT2D eigenvalue weighted by atomic mass is 9.96. The molecule has 0 unspecified atom stereocenters. The monoisotopic (exact) mass is 339 g/mol. The van der Waals surface area contributed by atoms with Gasteiger partial charge in [0, 0.05) is 31.3 Å². The molecule has 0 saturated carbocycles. The van der Waals surface area contributed by atoms with E-state index in [-0.39, 0.29) is 24.2 Å². The molecule has 1 heterocycles. The Morgan fingerprint density at radius 3 is 2.30 bits per heavy atom. The number of anilines is 1. The molecule has 6 heteroatoms. The van der Waals surface area contributed by atoms with Gasteiger partial charge in [0.2, 0.25) is 5.91 Å². The predicted molar refractivity (Wildman–Crippen MR) is 95.2 cm³/mol. The van der Waals surface area contributed by atoms with Crippen LogP contribution in [0, 0.1) is 5.92 Å². The number of carbonyl (C=O) groups excluding carboxylic acids is 2.